The SMILES string of the molecule is O=Cc1cc(N2CCCCC2)c2ccc3c(C=O)cc(N4CCCCC4)c4ccc1c2c34. The van der Waals surface area contributed by atoms with E-state index in [0.717, 1.165) is 82.8 Å². The number of hydrogen-bond donors (Lipinski definition) is 0. The van der Waals surface area contributed by atoms with Gasteiger partial charge in [0.1, 0.15) is 0 Å². The molecule has 0 radical (unpaired) electrons. The third-order valence-electron chi connectivity index (χ3n) is 7.57. The minimum atomic E-state index is 0.739. The Morgan fingerprint density at radius 1 is 0.531 bits per heavy atom. The molecule has 162 valence electrons. The van der Waals surface area contributed by atoms with Crippen molar-refractivity contribution in [3.63, 3.8) is 0 Å². The Hall–Kier alpha value is -3.14. The highest BCUT2D eigenvalue weighted by atomic mass is 16.1. The van der Waals surface area contributed by atoms with Gasteiger partial charge in [-0.1, -0.05) is 24.3 Å². The van der Waals surface area contributed by atoms with Crippen molar-refractivity contribution in [2.24, 2.45) is 0 Å². The minimum absolute atomic E-state index is 0.739. The smallest absolute Gasteiger partial charge is 0.150 e. The summed E-state index contributed by atoms with van der Waals surface area (Å²) in [6, 6.07) is 12.7. The monoisotopic (exact) mass is 424 g/mol. The lowest BCUT2D eigenvalue weighted by Gasteiger charge is -2.32. The Balaban J connectivity index is 1.72. The van der Waals surface area contributed by atoms with Gasteiger partial charge in [0.15, 0.2) is 12.6 Å². The van der Waals surface area contributed by atoms with Crippen LogP contribution in [0.1, 0.15) is 59.2 Å². The van der Waals surface area contributed by atoms with Crippen LogP contribution in [0.25, 0.3) is 32.3 Å². The summed E-state index contributed by atoms with van der Waals surface area (Å²) in [4.78, 5) is 29.2. The second kappa shape index (κ2) is 7.77. The van der Waals surface area contributed by atoms with Crippen LogP contribution in [0.15, 0.2) is 36.4 Å². The van der Waals surface area contributed by atoms with Crippen LogP contribution in [0.4, 0.5) is 11.4 Å². The van der Waals surface area contributed by atoms with Crippen LogP contribution in [0.2, 0.25) is 0 Å². The fraction of sp³-hybridized carbons (Fsp3) is 0.357. The maximum atomic E-state index is 12.1. The molecule has 0 N–H and O–H groups in total. The zero-order chi connectivity index (χ0) is 21.7. The fourth-order valence-electron chi connectivity index (χ4n) is 6.00. The standard InChI is InChI=1S/C28H28N2O2/c31-17-19-15-25(29-11-3-1-4-12-29)23-9-7-22-20(18-32)16-26(30-13-5-2-6-14-30)24-10-8-21(19)27(23)28(22)24/h7-10,15-18H,1-6,11-14H2. The molecule has 2 aliphatic heterocycles. The molecule has 0 amide bonds. The molecular formula is C28H28N2O2. The van der Waals surface area contributed by atoms with E-state index in [2.05, 4.69) is 46.2 Å². The second-order valence-corrected chi connectivity index (χ2v) is 9.37. The first-order valence-electron chi connectivity index (χ1n) is 12.0. The van der Waals surface area contributed by atoms with Gasteiger partial charge in [-0.05, 0) is 61.4 Å². The fourth-order valence-corrected chi connectivity index (χ4v) is 6.00. The van der Waals surface area contributed by atoms with E-state index in [-0.39, 0.29) is 0 Å². The summed E-state index contributed by atoms with van der Waals surface area (Å²) in [6.45, 7) is 4.11. The van der Waals surface area contributed by atoms with Crippen molar-refractivity contribution < 1.29 is 9.59 Å². The van der Waals surface area contributed by atoms with Crippen molar-refractivity contribution in [3.8, 4) is 0 Å². The maximum Gasteiger partial charge on any atom is 0.150 e. The minimum Gasteiger partial charge on any atom is -0.371 e. The Kier molecular flexibility index (Phi) is 4.74. The summed E-state index contributed by atoms with van der Waals surface area (Å²) in [6.07, 6.45) is 9.27. The van der Waals surface area contributed by atoms with E-state index < -0.39 is 0 Å². The van der Waals surface area contributed by atoms with Crippen molar-refractivity contribution in [2.45, 2.75) is 38.5 Å². The number of hydrogen-bond acceptors (Lipinski definition) is 4. The van der Waals surface area contributed by atoms with Gasteiger partial charge >= 0.3 is 0 Å². The van der Waals surface area contributed by atoms with E-state index >= 15 is 0 Å². The normalized spacial score (nSPS) is 17.5. The van der Waals surface area contributed by atoms with Crippen LogP contribution in [0, 0.1) is 0 Å². The van der Waals surface area contributed by atoms with Crippen LogP contribution in [-0.2, 0) is 0 Å². The lowest BCUT2D eigenvalue weighted by Crippen LogP contribution is -2.30. The van der Waals surface area contributed by atoms with Gasteiger partial charge in [0.2, 0.25) is 0 Å². The highest BCUT2D eigenvalue weighted by Gasteiger charge is 2.23. The molecule has 32 heavy (non-hydrogen) atoms. The molecule has 0 aliphatic carbocycles. The zero-order valence-corrected chi connectivity index (χ0v) is 18.4. The summed E-state index contributed by atoms with van der Waals surface area (Å²) in [5.41, 5.74) is 3.79. The highest BCUT2D eigenvalue weighted by Crippen LogP contribution is 2.44. The van der Waals surface area contributed by atoms with Crippen LogP contribution in [-0.4, -0.2) is 38.8 Å². The Morgan fingerprint density at radius 3 is 1.28 bits per heavy atom. The molecular weight excluding hydrogens is 396 g/mol. The molecule has 0 atom stereocenters. The van der Waals surface area contributed by atoms with Crippen molar-refractivity contribution in [2.75, 3.05) is 36.0 Å². The first kappa shape index (κ1) is 19.5. The molecule has 2 fully saturated rings. The van der Waals surface area contributed by atoms with Crippen molar-refractivity contribution in [1.82, 2.24) is 0 Å². The molecule has 2 saturated heterocycles. The average Bonchev–Trinajstić information content (AvgIpc) is 2.87. The van der Waals surface area contributed by atoms with E-state index in [4.69, 9.17) is 0 Å². The molecule has 4 aromatic carbocycles. The molecule has 0 bridgehead atoms. The molecule has 4 aromatic rings. The second-order valence-electron chi connectivity index (χ2n) is 9.37. The largest absolute Gasteiger partial charge is 0.371 e. The van der Waals surface area contributed by atoms with E-state index in [0.29, 0.717) is 0 Å². The highest BCUT2D eigenvalue weighted by molar-refractivity contribution is 6.31. The van der Waals surface area contributed by atoms with Crippen molar-refractivity contribution in [1.29, 1.82) is 0 Å². The van der Waals surface area contributed by atoms with Gasteiger partial charge in [-0.25, -0.2) is 0 Å². The van der Waals surface area contributed by atoms with Gasteiger partial charge in [0.25, 0.3) is 0 Å². The number of aldehydes is 2. The number of nitrogens with zero attached hydrogens (tertiary/aromatic N) is 2. The molecule has 0 unspecified atom stereocenters. The maximum absolute atomic E-state index is 12.1. The van der Waals surface area contributed by atoms with Gasteiger partial charge in [-0.15, -0.1) is 0 Å². The molecule has 0 saturated carbocycles. The molecule has 6 rings (SSSR count). The number of rotatable bonds is 4. The Bertz CT molecular complexity index is 1230. The first-order chi connectivity index (χ1) is 15.8. The predicted molar refractivity (Wildman–Crippen MR) is 133 cm³/mol. The summed E-state index contributed by atoms with van der Waals surface area (Å²) < 4.78 is 0. The van der Waals surface area contributed by atoms with Crippen LogP contribution < -0.4 is 9.80 Å². The number of piperidine rings is 2. The van der Waals surface area contributed by atoms with Crippen LogP contribution >= 0.6 is 0 Å². The summed E-state index contributed by atoms with van der Waals surface area (Å²) in [7, 11) is 0. The third-order valence-corrected chi connectivity index (χ3v) is 7.57. The lowest BCUT2D eigenvalue weighted by molar-refractivity contribution is 0.111. The summed E-state index contributed by atoms with van der Waals surface area (Å²) in [5.74, 6) is 0. The Morgan fingerprint density at radius 2 is 0.906 bits per heavy atom. The van der Waals surface area contributed by atoms with E-state index in [9.17, 15) is 9.59 Å². The molecule has 2 aliphatic rings. The lowest BCUT2D eigenvalue weighted by atomic mass is 9.88. The average molecular weight is 425 g/mol. The molecule has 4 nitrogen and oxygen atoms in total. The number of benzene rings is 4. The molecule has 4 heteroatoms. The van der Waals surface area contributed by atoms with Crippen molar-refractivity contribution >= 4 is 56.3 Å². The van der Waals surface area contributed by atoms with Gasteiger partial charge in [0.05, 0.1) is 0 Å². The van der Waals surface area contributed by atoms with Gasteiger partial charge in [-0.3, -0.25) is 9.59 Å². The number of anilines is 2. The first-order valence-corrected chi connectivity index (χ1v) is 12.0. The van der Waals surface area contributed by atoms with Crippen LogP contribution in [0.3, 0.4) is 0 Å². The Labute approximate surface area is 188 Å². The zero-order valence-electron chi connectivity index (χ0n) is 18.4. The number of carbonyl (C=O) groups is 2. The summed E-state index contributed by atoms with van der Waals surface area (Å²) >= 11 is 0. The van der Waals surface area contributed by atoms with Gasteiger partial charge in [0, 0.05) is 70.2 Å². The summed E-state index contributed by atoms with van der Waals surface area (Å²) in [5, 5.41) is 6.62. The van der Waals surface area contributed by atoms with Crippen molar-refractivity contribution in [3.05, 3.63) is 47.5 Å². The third kappa shape index (κ3) is 2.89. The topological polar surface area (TPSA) is 40.6 Å². The predicted octanol–water partition coefficient (Wildman–Crippen LogP) is 6.19. The van der Waals surface area contributed by atoms with Gasteiger partial charge < -0.3 is 9.80 Å². The van der Waals surface area contributed by atoms with Crippen LogP contribution in [0.5, 0.6) is 0 Å². The van der Waals surface area contributed by atoms with Gasteiger partial charge in [-0.2, -0.15) is 0 Å². The molecule has 0 spiro atoms. The van der Waals surface area contributed by atoms with E-state index in [1.807, 2.05) is 0 Å². The molecule has 2 heterocycles. The van der Waals surface area contributed by atoms with E-state index in [1.165, 1.54) is 49.3 Å². The number of carbonyl (C=O) groups excluding carboxylic acids is 2. The molecule has 0 aromatic heterocycles. The quantitative estimate of drug-likeness (QED) is 0.289. The van der Waals surface area contributed by atoms with E-state index in [1.54, 1.807) is 0 Å².